The van der Waals surface area contributed by atoms with E-state index in [0.29, 0.717) is 0 Å². The van der Waals surface area contributed by atoms with E-state index in [2.05, 4.69) is 48.6 Å². The highest BCUT2D eigenvalue weighted by Crippen LogP contribution is 2.06. The van der Waals surface area contributed by atoms with E-state index in [1.807, 2.05) is 6.92 Å². The minimum absolute atomic E-state index is 0.870. The van der Waals surface area contributed by atoms with Crippen LogP contribution in [0.4, 0.5) is 0 Å². The lowest BCUT2D eigenvalue weighted by molar-refractivity contribution is 0.779. The first-order valence-electron chi connectivity index (χ1n) is 5.14. The van der Waals surface area contributed by atoms with E-state index < -0.39 is 0 Å². The van der Waals surface area contributed by atoms with Gasteiger partial charge in [-0.25, -0.2) is 0 Å². The highest BCUT2D eigenvalue weighted by molar-refractivity contribution is 6.00. The summed E-state index contributed by atoms with van der Waals surface area (Å²) in [6, 6.07) is 8.48. The van der Waals surface area contributed by atoms with Gasteiger partial charge in [0.25, 0.3) is 0 Å². The fourth-order valence-electron chi connectivity index (χ4n) is 1.27. The smallest absolute Gasteiger partial charge is 0.0672 e. The molecule has 0 spiro atoms. The third-order valence-electron chi connectivity index (χ3n) is 2.09. The summed E-state index contributed by atoms with van der Waals surface area (Å²) in [6.07, 6.45) is 0.954. The number of aryl methyl sites for hydroxylation is 1. The van der Waals surface area contributed by atoms with Gasteiger partial charge >= 0.3 is 0 Å². The van der Waals surface area contributed by atoms with Gasteiger partial charge in [-0.15, -0.1) is 0 Å². The SMILES string of the molecule is CCN/N=C(\CC)c1ccc(C)cc1. The summed E-state index contributed by atoms with van der Waals surface area (Å²) in [5, 5.41) is 4.33. The lowest BCUT2D eigenvalue weighted by atomic mass is 10.1. The molecular weight excluding hydrogens is 172 g/mol. The van der Waals surface area contributed by atoms with Crippen molar-refractivity contribution in [2.24, 2.45) is 5.10 Å². The second kappa shape index (κ2) is 5.43. The molecule has 0 aliphatic heterocycles. The molecule has 0 bridgehead atoms. The molecular formula is C12H18N2. The van der Waals surface area contributed by atoms with Crippen molar-refractivity contribution >= 4 is 5.71 Å². The topological polar surface area (TPSA) is 24.4 Å². The van der Waals surface area contributed by atoms with Gasteiger partial charge in [-0.2, -0.15) is 5.10 Å². The molecule has 0 heterocycles. The number of hydrazone groups is 1. The molecule has 2 heteroatoms. The molecule has 0 aliphatic carbocycles. The van der Waals surface area contributed by atoms with E-state index in [1.165, 1.54) is 11.1 Å². The largest absolute Gasteiger partial charge is 0.310 e. The molecule has 76 valence electrons. The Balaban J connectivity index is 2.84. The van der Waals surface area contributed by atoms with Gasteiger partial charge in [0, 0.05) is 6.54 Å². The number of benzene rings is 1. The molecule has 0 aromatic heterocycles. The Bertz CT molecular complexity index is 299. The van der Waals surface area contributed by atoms with Crippen LogP contribution in [-0.4, -0.2) is 12.3 Å². The van der Waals surface area contributed by atoms with Crippen LogP contribution in [0.3, 0.4) is 0 Å². The minimum atomic E-state index is 0.870. The molecule has 2 nitrogen and oxygen atoms in total. The van der Waals surface area contributed by atoms with Crippen LogP contribution in [0.25, 0.3) is 0 Å². The third-order valence-corrected chi connectivity index (χ3v) is 2.09. The molecule has 0 saturated carbocycles. The molecule has 1 N–H and O–H groups in total. The lowest BCUT2D eigenvalue weighted by Gasteiger charge is -2.04. The molecule has 1 aromatic rings. The number of nitrogens with zero attached hydrogens (tertiary/aromatic N) is 1. The van der Waals surface area contributed by atoms with E-state index >= 15 is 0 Å². The summed E-state index contributed by atoms with van der Waals surface area (Å²) in [5.41, 5.74) is 6.61. The standard InChI is InChI=1S/C12H18N2/c1-4-12(14-13-5-2)11-8-6-10(3)7-9-11/h6-9,13H,4-5H2,1-3H3/b14-12+. The third kappa shape index (κ3) is 2.87. The molecule has 0 amide bonds. The first kappa shape index (κ1) is 10.8. The second-order valence-corrected chi connectivity index (χ2v) is 3.29. The number of nitrogens with one attached hydrogen (secondary N) is 1. The molecule has 0 unspecified atom stereocenters. The van der Waals surface area contributed by atoms with E-state index in [4.69, 9.17) is 0 Å². The van der Waals surface area contributed by atoms with Crippen LogP contribution < -0.4 is 5.43 Å². The quantitative estimate of drug-likeness (QED) is 0.573. The van der Waals surface area contributed by atoms with E-state index in [0.717, 1.165) is 18.7 Å². The molecule has 14 heavy (non-hydrogen) atoms. The highest BCUT2D eigenvalue weighted by Gasteiger charge is 1.99. The normalized spacial score (nSPS) is 11.5. The molecule has 0 fully saturated rings. The molecule has 1 rings (SSSR count). The first-order valence-corrected chi connectivity index (χ1v) is 5.14. The number of rotatable bonds is 4. The van der Waals surface area contributed by atoms with Crippen LogP contribution >= 0.6 is 0 Å². The van der Waals surface area contributed by atoms with Crippen molar-refractivity contribution in [3.8, 4) is 0 Å². The Kier molecular flexibility index (Phi) is 4.17. The van der Waals surface area contributed by atoms with Crippen LogP contribution in [0.2, 0.25) is 0 Å². The first-order chi connectivity index (χ1) is 6.77. The van der Waals surface area contributed by atoms with Crippen molar-refractivity contribution in [1.82, 2.24) is 5.43 Å². The molecule has 0 aliphatic rings. The van der Waals surface area contributed by atoms with Gasteiger partial charge in [-0.05, 0) is 25.8 Å². The minimum Gasteiger partial charge on any atom is -0.310 e. The summed E-state index contributed by atoms with van der Waals surface area (Å²) < 4.78 is 0. The zero-order valence-corrected chi connectivity index (χ0v) is 9.17. The van der Waals surface area contributed by atoms with Gasteiger partial charge < -0.3 is 5.43 Å². The van der Waals surface area contributed by atoms with E-state index in [-0.39, 0.29) is 0 Å². The van der Waals surface area contributed by atoms with Crippen molar-refractivity contribution < 1.29 is 0 Å². The Morgan fingerprint density at radius 3 is 2.36 bits per heavy atom. The van der Waals surface area contributed by atoms with Gasteiger partial charge in [0.05, 0.1) is 5.71 Å². The molecule has 0 radical (unpaired) electrons. The van der Waals surface area contributed by atoms with Crippen molar-refractivity contribution in [3.63, 3.8) is 0 Å². The summed E-state index contributed by atoms with van der Waals surface area (Å²) in [4.78, 5) is 0. The van der Waals surface area contributed by atoms with Gasteiger partial charge in [-0.1, -0.05) is 36.8 Å². The van der Waals surface area contributed by atoms with Crippen molar-refractivity contribution in [1.29, 1.82) is 0 Å². The van der Waals surface area contributed by atoms with Gasteiger partial charge in [0.2, 0.25) is 0 Å². The Morgan fingerprint density at radius 2 is 1.86 bits per heavy atom. The Labute approximate surface area is 86.0 Å². The number of hydrogen-bond acceptors (Lipinski definition) is 2. The van der Waals surface area contributed by atoms with Crippen LogP contribution in [0.1, 0.15) is 31.4 Å². The predicted octanol–water partition coefficient (Wildman–Crippen LogP) is 2.72. The van der Waals surface area contributed by atoms with E-state index in [1.54, 1.807) is 0 Å². The van der Waals surface area contributed by atoms with Gasteiger partial charge in [0.1, 0.15) is 0 Å². The summed E-state index contributed by atoms with van der Waals surface area (Å²) in [6.45, 7) is 7.13. The van der Waals surface area contributed by atoms with Crippen LogP contribution in [0, 0.1) is 6.92 Å². The monoisotopic (exact) mass is 190 g/mol. The summed E-state index contributed by atoms with van der Waals surface area (Å²) in [5.74, 6) is 0. The summed E-state index contributed by atoms with van der Waals surface area (Å²) in [7, 11) is 0. The van der Waals surface area contributed by atoms with Crippen LogP contribution in [0.15, 0.2) is 29.4 Å². The maximum atomic E-state index is 4.33. The lowest BCUT2D eigenvalue weighted by Crippen LogP contribution is -2.10. The van der Waals surface area contributed by atoms with Crippen molar-refractivity contribution in [3.05, 3.63) is 35.4 Å². The van der Waals surface area contributed by atoms with Crippen molar-refractivity contribution in [2.45, 2.75) is 27.2 Å². The predicted molar refractivity (Wildman–Crippen MR) is 61.7 cm³/mol. The zero-order chi connectivity index (χ0) is 10.4. The maximum absolute atomic E-state index is 4.33. The second-order valence-electron chi connectivity index (χ2n) is 3.29. The van der Waals surface area contributed by atoms with Crippen LogP contribution in [-0.2, 0) is 0 Å². The van der Waals surface area contributed by atoms with Gasteiger partial charge in [-0.3, -0.25) is 0 Å². The van der Waals surface area contributed by atoms with Gasteiger partial charge in [0.15, 0.2) is 0 Å². The molecule has 0 atom stereocenters. The Hall–Kier alpha value is -1.31. The van der Waals surface area contributed by atoms with E-state index in [9.17, 15) is 0 Å². The number of hydrogen-bond donors (Lipinski definition) is 1. The van der Waals surface area contributed by atoms with Crippen molar-refractivity contribution in [2.75, 3.05) is 6.54 Å². The summed E-state index contributed by atoms with van der Waals surface area (Å²) >= 11 is 0. The molecule has 1 aromatic carbocycles. The fourth-order valence-corrected chi connectivity index (χ4v) is 1.27. The molecule has 0 saturated heterocycles. The average Bonchev–Trinajstić information content (AvgIpc) is 2.21. The fraction of sp³-hybridized carbons (Fsp3) is 0.417. The average molecular weight is 190 g/mol. The zero-order valence-electron chi connectivity index (χ0n) is 9.17. The maximum Gasteiger partial charge on any atom is 0.0672 e. The highest BCUT2D eigenvalue weighted by atomic mass is 15.3. The Morgan fingerprint density at radius 1 is 1.21 bits per heavy atom. The van der Waals surface area contributed by atoms with Crippen LogP contribution in [0.5, 0.6) is 0 Å².